The van der Waals surface area contributed by atoms with E-state index in [1.54, 1.807) is 18.2 Å². The van der Waals surface area contributed by atoms with Crippen molar-refractivity contribution >= 4 is 45.3 Å². The third kappa shape index (κ3) is 2.81. The van der Waals surface area contributed by atoms with Crippen molar-refractivity contribution in [3.05, 3.63) is 68.8 Å². The molecule has 0 unspecified atom stereocenters. The molecule has 0 spiro atoms. The minimum atomic E-state index is -0.576. The molecule has 22 heavy (non-hydrogen) atoms. The second-order valence-electron chi connectivity index (χ2n) is 4.27. The number of halogens is 1. The van der Waals surface area contributed by atoms with Gasteiger partial charge in [0.05, 0.1) is 11.2 Å². The molecule has 1 aliphatic heterocycles. The number of hydrogen-bond acceptors (Lipinski definition) is 6. The van der Waals surface area contributed by atoms with Crippen LogP contribution in [0.15, 0.2) is 51.7 Å². The van der Waals surface area contributed by atoms with E-state index in [1.807, 2.05) is 0 Å². The van der Waals surface area contributed by atoms with Crippen molar-refractivity contribution in [2.45, 2.75) is 0 Å². The van der Waals surface area contributed by atoms with Gasteiger partial charge < -0.3 is 4.42 Å². The zero-order chi connectivity index (χ0) is 15.7. The van der Waals surface area contributed by atoms with Crippen LogP contribution >= 0.6 is 23.4 Å². The standard InChI is InChI=1S/C14H7ClN2O4S/c15-10-4-3-8(6-12(10)17(19)20)13-16-11(14(18)22-13)7-9-2-1-5-21-9/h1-7H/b11-7+. The number of aliphatic imine (C=N–C) groups is 1. The summed E-state index contributed by atoms with van der Waals surface area (Å²) in [6, 6.07) is 7.70. The van der Waals surface area contributed by atoms with Gasteiger partial charge >= 0.3 is 0 Å². The first kappa shape index (κ1) is 14.6. The monoisotopic (exact) mass is 334 g/mol. The highest BCUT2D eigenvalue weighted by Crippen LogP contribution is 2.32. The van der Waals surface area contributed by atoms with Crippen LogP contribution in [0, 0.1) is 10.1 Å². The third-order valence-corrected chi connectivity index (χ3v) is 4.07. The van der Waals surface area contributed by atoms with E-state index in [1.165, 1.54) is 24.5 Å². The van der Waals surface area contributed by atoms with Gasteiger partial charge in [0.2, 0.25) is 5.12 Å². The minimum Gasteiger partial charge on any atom is -0.465 e. The molecule has 0 amide bonds. The Morgan fingerprint density at radius 2 is 2.18 bits per heavy atom. The summed E-state index contributed by atoms with van der Waals surface area (Å²) in [4.78, 5) is 26.5. The van der Waals surface area contributed by atoms with Gasteiger partial charge in [-0.05, 0) is 30.0 Å². The first-order valence-electron chi connectivity index (χ1n) is 6.05. The third-order valence-electron chi connectivity index (χ3n) is 2.83. The van der Waals surface area contributed by atoms with E-state index in [-0.39, 0.29) is 21.5 Å². The van der Waals surface area contributed by atoms with E-state index in [9.17, 15) is 14.9 Å². The molecule has 0 saturated heterocycles. The Kier molecular flexibility index (Phi) is 3.82. The molecular weight excluding hydrogens is 328 g/mol. The van der Waals surface area contributed by atoms with Gasteiger partial charge in [-0.2, -0.15) is 0 Å². The zero-order valence-corrected chi connectivity index (χ0v) is 12.4. The first-order valence-corrected chi connectivity index (χ1v) is 7.24. The van der Waals surface area contributed by atoms with Crippen molar-refractivity contribution in [1.29, 1.82) is 0 Å². The van der Waals surface area contributed by atoms with Crippen LogP contribution in [-0.4, -0.2) is 15.1 Å². The SMILES string of the molecule is O=C1SC(c2ccc(Cl)c([N+](=O)[O-])c2)=N/C1=C/c1ccco1. The highest BCUT2D eigenvalue weighted by Gasteiger charge is 2.25. The van der Waals surface area contributed by atoms with E-state index in [0.29, 0.717) is 16.4 Å². The van der Waals surface area contributed by atoms with E-state index >= 15 is 0 Å². The molecule has 0 saturated carbocycles. The smallest absolute Gasteiger partial charge is 0.288 e. The molecule has 1 aromatic heterocycles. The predicted octanol–water partition coefficient (Wildman–Crippen LogP) is 3.90. The van der Waals surface area contributed by atoms with Crippen molar-refractivity contribution in [3.63, 3.8) is 0 Å². The van der Waals surface area contributed by atoms with Crippen molar-refractivity contribution in [3.8, 4) is 0 Å². The average molecular weight is 335 g/mol. The molecule has 8 heteroatoms. The quantitative estimate of drug-likeness (QED) is 0.482. The summed E-state index contributed by atoms with van der Waals surface area (Å²) < 4.78 is 5.14. The Balaban J connectivity index is 1.98. The Labute approximate surface area is 133 Å². The van der Waals surface area contributed by atoms with Crippen molar-refractivity contribution in [2.75, 3.05) is 0 Å². The first-order chi connectivity index (χ1) is 10.5. The van der Waals surface area contributed by atoms with Gasteiger partial charge in [-0.1, -0.05) is 17.7 Å². The van der Waals surface area contributed by atoms with Crippen LogP contribution in [0.5, 0.6) is 0 Å². The Bertz CT molecular complexity index is 827. The van der Waals surface area contributed by atoms with E-state index in [0.717, 1.165) is 11.8 Å². The van der Waals surface area contributed by atoms with Crippen LogP contribution in [0.2, 0.25) is 5.02 Å². The maximum atomic E-state index is 11.9. The van der Waals surface area contributed by atoms with Gasteiger partial charge in [-0.15, -0.1) is 0 Å². The number of nitro benzene ring substituents is 1. The summed E-state index contributed by atoms with van der Waals surface area (Å²) >= 11 is 6.68. The van der Waals surface area contributed by atoms with E-state index < -0.39 is 4.92 Å². The van der Waals surface area contributed by atoms with Crippen molar-refractivity contribution in [1.82, 2.24) is 0 Å². The molecule has 0 bridgehead atoms. The number of benzene rings is 1. The fourth-order valence-electron chi connectivity index (χ4n) is 1.83. The summed E-state index contributed by atoms with van der Waals surface area (Å²) in [6.45, 7) is 0. The number of hydrogen-bond donors (Lipinski definition) is 0. The Hall–Kier alpha value is -2.38. The molecule has 110 valence electrons. The molecule has 3 rings (SSSR count). The zero-order valence-electron chi connectivity index (χ0n) is 10.9. The fraction of sp³-hybridized carbons (Fsp3) is 0. The lowest BCUT2D eigenvalue weighted by molar-refractivity contribution is -0.384. The summed E-state index contributed by atoms with van der Waals surface area (Å²) in [5.74, 6) is 0.510. The molecule has 0 aliphatic carbocycles. The summed E-state index contributed by atoms with van der Waals surface area (Å²) in [7, 11) is 0. The number of carbonyl (C=O) groups is 1. The molecule has 0 fully saturated rings. The van der Waals surface area contributed by atoms with E-state index in [4.69, 9.17) is 16.0 Å². The van der Waals surface area contributed by atoms with Crippen LogP contribution in [0.25, 0.3) is 6.08 Å². The number of nitrogens with zero attached hydrogens (tertiary/aromatic N) is 2. The number of thioether (sulfide) groups is 1. The van der Waals surface area contributed by atoms with Gasteiger partial charge in [0, 0.05) is 17.7 Å². The molecule has 2 heterocycles. The van der Waals surface area contributed by atoms with Crippen LogP contribution < -0.4 is 0 Å². The molecule has 0 N–H and O–H groups in total. The molecule has 2 aromatic rings. The molecular formula is C14H7ClN2O4S. The summed E-state index contributed by atoms with van der Waals surface area (Å²) in [6.07, 6.45) is 3.01. The van der Waals surface area contributed by atoms with E-state index in [2.05, 4.69) is 4.99 Å². The van der Waals surface area contributed by atoms with Gasteiger partial charge in [0.1, 0.15) is 21.5 Å². The molecule has 0 atom stereocenters. The predicted molar refractivity (Wildman–Crippen MR) is 83.9 cm³/mol. The largest absolute Gasteiger partial charge is 0.465 e. The van der Waals surface area contributed by atoms with Crippen molar-refractivity contribution < 1.29 is 14.1 Å². The highest BCUT2D eigenvalue weighted by molar-refractivity contribution is 8.27. The van der Waals surface area contributed by atoms with Gasteiger partial charge in [0.25, 0.3) is 5.69 Å². The van der Waals surface area contributed by atoms with Gasteiger partial charge in [-0.3, -0.25) is 14.9 Å². The lowest BCUT2D eigenvalue weighted by Crippen LogP contribution is -1.96. The molecule has 1 aromatic carbocycles. The number of nitro groups is 1. The molecule has 0 radical (unpaired) electrons. The number of furan rings is 1. The number of carbonyl (C=O) groups excluding carboxylic acids is 1. The second-order valence-corrected chi connectivity index (χ2v) is 5.64. The topological polar surface area (TPSA) is 85.7 Å². The molecule has 6 nitrogen and oxygen atoms in total. The molecule has 1 aliphatic rings. The Morgan fingerprint density at radius 3 is 2.86 bits per heavy atom. The number of rotatable bonds is 3. The summed E-state index contributed by atoms with van der Waals surface area (Å²) in [5, 5.41) is 11.1. The van der Waals surface area contributed by atoms with Crippen LogP contribution in [0.4, 0.5) is 5.69 Å². The van der Waals surface area contributed by atoms with Crippen LogP contribution in [-0.2, 0) is 4.79 Å². The van der Waals surface area contributed by atoms with Crippen LogP contribution in [0.3, 0.4) is 0 Å². The maximum Gasteiger partial charge on any atom is 0.288 e. The van der Waals surface area contributed by atoms with Gasteiger partial charge in [-0.25, -0.2) is 4.99 Å². The van der Waals surface area contributed by atoms with Crippen molar-refractivity contribution in [2.24, 2.45) is 4.99 Å². The lowest BCUT2D eigenvalue weighted by Gasteiger charge is -2.00. The summed E-state index contributed by atoms with van der Waals surface area (Å²) in [5.41, 5.74) is 0.475. The second kappa shape index (κ2) is 5.78. The highest BCUT2D eigenvalue weighted by atomic mass is 35.5. The lowest BCUT2D eigenvalue weighted by atomic mass is 10.2. The minimum absolute atomic E-state index is 0.0371. The maximum absolute atomic E-state index is 11.9. The Morgan fingerprint density at radius 1 is 1.36 bits per heavy atom. The average Bonchev–Trinajstić information content (AvgIpc) is 3.10. The fourth-order valence-corrected chi connectivity index (χ4v) is 2.79. The van der Waals surface area contributed by atoms with Crippen LogP contribution in [0.1, 0.15) is 11.3 Å². The van der Waals surface area contributed by atoms with Gasteiger partial charge in [0.15, 0.2) is 0 Å². The normalized spacial score (nSPS) is 16.1.